The van der Waals surface area contributed by atoms with Crippen molar-refractivity contribution in [2.75, 3.05) is 0 Å². The van der Waals surface area contributed by atoms with Gasteiger partial charge < -0.3 is 4.57 Å². The summed E-state index contributed by atoms with van der Waals surface area (Å²) in [4.78, 5) is 0. The highest BCUT2D eigenvalue weighted by atomic mass is 79.9. The first-order chi connectivity index (χ1) is 14.7. The van der Waals surface area contributed by atoms with Crippen LogP contribution < -0.4 is 0 Å². The molecule has 2 aromatic heterocycles. The number of hydrogen-bond donors (Lipinski definition) is 1. The number of aryl methyl sites for hydroxylation is 1. The molecule has 0 unspecified atom stereocenters. The first-order valence-corrected chi connectivity index (χ1v) is 10.8. The van der Waals surface area contributed by atoms with Crippen molar-refractivity contribution >= 4 is 56.2 Å². The molecular formula is C23H18BrN5S. The Labute approximate surface area is 186 Å². The summed E-state index contributed by atoms with van der Waals surface area (Å²) in [6.45, 7) is 3.10. The van der Waals surface area contributed by atoms with Crippen LogP contribution in [-0.2, 0) is 6.54 Å². The number of aromatic amines is 1. The highest BCUT2D eigenvalue weighted by Crippen LogP contribution is 2.30. The molecule has 7 heteroatoms. The summed E-state index contributed by atoms with van der Waals surface area (Å²) < 4.78 is 5.36. The van der Waals surface area contributed by atoms with E-state index in [0.717, 1.165) is 22.1 Å². The predicted molar refractivity (Wildman–Crippen MR) is 129 cm³/mol. The predicted octanol–water partition coefficient (Wildman–Crippen LogP) is 6.38. The molecule has 0 fully saturated rings. The first-order valence-electron chi connectivity index (χ1n) is 9.65. The van der Waals surface area contributed by atoms with Gasteiger partial charge in [-0.2, -0.15) is 14.9 Å². The third-order valence-electron chi connectivity index (χ3n) is 5.20. The number of fused-ring (bicyclic) bond motifs is 3. The molecule has 0 saturated carbocycles. The van der Waals surface area contributed by atoms with Crippen LogP contribution in [0.1, 0.15) is 12.5 Å². The van der Waals surface area contributed by atoms with Gasteiger partial charge in [0.05, 0.1) is 6.21 Å². The van der Waals surface area contributed by atoms with E-state index in [0.29, 0.717) is 10.6 Å². The van der Waals surface area contributed by atoms with Crippen LogP contribution in [0.15, 0.2) is 76.3 Å². The van der Waals surface area contributed by atoms with Gasteiger partial charge in [-0.25, -0.2) is 5.10 Å². The quantitative estimate of drug-likeness (QED) is 0.242. The van der Waals surface area contributed by atoms with Gasteiger partial charge in [0, 0.05) is 38.4 Å². The van der Waals surface area contributed by atoms with Crippen LogP contribution in [0, 0.1) is 4.77 Å². The lowest BCUT2D eigenvalue weighted by Gasteiger charge is -2.04. The van der Waals surface area contributed by atoms with Gasteiger partial charge in [0.25, 0.3) is 0 Å². The molecule has 148 valence electrons. The second kappa shape index (κ2) is 7.66. The molecule has 5 rings (SSSR count). The van der Waals surface area contributed by atoms with Gasteiger partial charge in [-0.1, -0.05) is 52.3 Å². The molecule has 2 heterocycles. The molecular weight excluding hydrogens is 458 g/mol. The van der Waals surface area contributed by atoms with Gasteiger partial charge in [0.15, 0.2) is 5.82 Å². The monoisotopic (exact) mass is 475 g/mol. The van der Waals surface area contributed by atoms with Crippen molar-refractivity contribution in [3.63, 3.8) is 0 Å². The maximum atomic E-state index is 5.40. The largest absolute Gasteiger partial charge is 0.341 e. The summed E-state index contributed by atoms with van der Waals surface area (Å²) in [5.41, 5.74) is 4.40. The van der Waals surface area contributed by atoms with Crippen LogP contribution in [0.5, 0.6) is 0 Å². The van der Waals surface area contributed by atoms with E-state index in [-0.39, 0.29) is 0 Å². The van der Waals surface area contributed by atoms with Crippen LogP contribution in [0.25, 0.3) is 33.2 Å². The number of nitrogens with one attached hydrogen (secondary N) is 1. The zero-order chi connectivity index (χ0) is 20.7. The minimum absolute atomic E-state index is 0.445. The number of rotatable bonds is 4. The van der Waals surface area contributed by atoms with Crippen molar-refractivity contribution < 1.29 is 0 Å². The Balaban J connectivity index is 1.61. The number of para-hydroxylation sites is 1. The van der Waals surface area contributed by atoms with E-state index in [1.807, 2.05) is 30.5 Å². The highest BCUT2D eigenvalue weighted by molar-refractivity contribution is 9.10. The van der Waals surface area contributed by atoms with Crippen LogP contribution >= 0.6 is 28.1 Å². The molecule has 30 heavy (non-hydrogen) atoms. The number of nitrogens with zero attached hydrogens (tertiary/aromatic N) is 4. The molecule has 0 spiro atoms. The molecule has 0 saturated heterocycles. The molecule has 0 aliphatic carbocycles. The SMILES string of the molecule is CCn1c2ccccc2c2cc(/C=N/n3c(-c4ccccc4Br)n[nH]c3=S)ccc21. The Kier molecular flexibility index (Phi) is 4.84. The summed E-state index contributed by atoms with van der Waals surface area (Å²) in [5, 5.41) is 14.3. The fourth-order valence-corrected chi connectivity index (χ4v) is 4.47. The number of H-pyrrole nitrogens is 1. The maximum absolute atomic E-state index is 5.40. The van der Waals surface area contributed by atoms with E-state index in [4.69, 9.17) is 12.2 Å². The molecule has 0 aliphatic rings. The topological polar surface area (TPSA) is 50.9 Å². The van der Waals surface area contributed by atoms with Gasteiger partial charge in [-0.05, 0) is 55.0 Å². The molecule has 1 N–H and O–H groups in total. The van der Waals surface area contributed by atoms with E-state index >= 15 is 0 Å². The van der Waals surface area contributed by atoms with E-state index in [1.165, 1.54) is 21.8 Å². The molecule has 3 aromatic carbocycles. The molecule has 0 bridgehead atoms. The lowest BCUT2D eigenvalue weighted by Crippen LogP contribution is -1.96. The van der Waals surface area contributed by atoms with E-state index in [2.05, 4.69) is 85.2 Å². The van der Waals surface area contributed by atoms with E-state index < -0.39 is 0 Å². The maximum Gasteiger partial charge on any atom is 0.216 e. The van der Waals surface area contributed by atoms with Gasteiger partial charge in [0.1, 0.15) is 0 Å². The third-order valence-corrected chi connectivity index (χ3v) is 6.16. The second-order valence-corrected chi connectivity index (χ2v) is 8.17. The molecule has 5 nitrogen and oxygen atoms in total. The van der Waals surface area contributed by atoms with Gasteiger partial charge >= 0.3 is 0 Å². The van der Waals surface area contributed by atoms with Crippen LogP contribution in [-0.4, -0.2) is 25.7 Å². The minimum atomic E-state index is 0.445. The summed E-state index contributed by atoms with van der Waals surface area (Å²) in [6.07, 6.45) is 1.82. The fraction of sp³-hybridized carbons (Fsp3) is 0.0870. The second-order valence-electron chi connectivity index (χ2n) is 6.93. The van der Waals surface area contributed by atoms with Crippen molar-refractivity contribution in [3.8, 4) is 11.4 Å². The third kappa shape index (κ3) is 3.11. The average Bonchev–Trinajstić information content (AvgIpc) is 3.29. The molecule has 0 atom stereocenters. The number of benzene rings is 3. The molecule has 0 radical (unpaired) electrons. The Morgan fingerprint density at radius 2 is 1.80 bits per heavy atom. The Morgan fingerprint density at radius 1 is 1.03 bits per heavy atom. The Hall–Kier alpha value is -3.03. The lowest BCUT2D eigenvalue weighted by molar-refractivity contribution is 0.827. The standard InChI is InChI=1S/C23H18BrN5S/c1-2-28-20-10-6-4-7-16(20)18-13-15(11-12-21(18)28)14-25-29-22(26-27-23(29)30)17-8-3-5-9-19(17)24/h3-14H,2H2,1H3,(H,27,30)/b25-14+. The highest BCUT2D eigenvalue weighted by Gasteiger charge is 2.12. The van der Waals surface area contributed by atoms with Crippen molar-refractivity contribution in [1.82, 2.24) is 19.4 Å². The van der Waals surface area contributed by atoms with Crippen LogP contribution in [0.2, 0.25) is 0 Å². The molecule has 0 amide bonds. The van der Waals surface area contributed by atoms with Gasteiger partial charge in [0.2, 0.25) is 4.77 Å². The normalized spacial score (nSPS) is 11.8. The summed E-state index contributed by atoms with van der Waals surface area (Å²) >= 11 is 8.98. The summed E-state index contributed by atoms with van der Waals surface area (Å²) in [7, 11) is 0. The Bertz CT molecular complexity index is 1470. The van der Waals surface area contributed by atoms with Crippen molar-refractivity contribution in [1.29, 1.82) is 0 Å². The number of aromatic nitrogens is 4. The number of halogens is 1. The van der Waals surface area contributed by atoms with Crippen molar-refractivity contribution in [2.45, 2.75) is 13.5 Å². The Morgan fingerprint density at radius 3 is 2.63 bits per heavy atom. The average molecular weight is 476 g/mol. The van der Waals surface area contributed by atoms with E-state index in [1.54, 1.807) is 4.68 Å². The first kappa shape index (κ1) is 19.0. The molecule has 5 aromatic rings. The molecule has 0 aliphatic heterocycles. The van der Waals surface area contributed by atoms with Crippen molar-refractivity contribution in [3.05, 3.63) is 81.5 Å². The smallest absolute Gasteiger partial charge is 0.216 e. The summed E-state index contributed by atoms with van der Waals surface area (Å²) in [5.74, 6) is 0.660. The zero-order valence-electron chi connectivity index (χ0n) is 16.2. The summed E-state index contributed by atoms with van der Waals surface area (Å²) in [6, 6.07) is 22.8. The lowest BCUT2D eigenvalue weighted by atomic mass is 10.1. The minimum Gasteiger partial charge on any atom is -0.341 e. The fourth-order valence-electron chi connectivity index (χ4n) is 3.83. The van der Waals surface area contributed by atoms with Crippen LogP contribution in [0.4, 0.5) is 0 Å². The van der Waals surface area contributed by atoms with Gasteiger partial charge in [-0.15, -0.1) is 0 Å². The van der Waals surface area contributed by atoms with Gasteiger partial charge in [-0.3, -0.25) is 0 Å². The zero-order valence-corrected chi connectivity index (χ0v) is 18.6. The van der Waals surface area contributed by atoms with E-state index in [9.17, 15) is 0 Å². The van der Waals surface area contributed by atoms with Crippen molar-refractivity contribution in [2.24, 2.45) is 5.10 Å². The number of hydrogen-bond acceptors (Lipinski definition) is 3. The van der Waals surface area contributed by atoms with Crippen LogP contribution in [0.3, 0.4) is 0 Å².